The van der Waals surface area contributed by atoms with Gasteiger partial charge in [-0.05, 0) is 57.2 Å². The van der Waals surface area contributed by atoms with Gasteiger partial charge in [0, 0.05) is 30.6 Å². The molecule has 1 aromatic rings. The first-order chi connectivity index (χ1) is 9.24. The quantitative estimate of drug-likeness (QED) is 0.814. The van der Waals surface area contributed by atoms with Gasteiger partial charge in [0.2, 0.25) is 0 Å². The highest BCUT2D eigenvalue weighted by Crippen LogP contribution is 2.52. The summed E-state index contributed by atoms with van der Waals surface area (Å²) >= 11 is 0. The molecule has 0 radical (unpaired) electrons. The van der Waals surface area contributed by atoms with Gasteiger partial charge in [0.25, 0.3) is 0 Å². The molecule has 2 heterocycles. The van der Waals surface area contributed by atoms with Crippen LogP contribution >= 0.6 is 0 Å². The summed E-state index contributed by atoms with van der Waals surface area (Å²) in [6.07, 6.45) is 5.94. The average Bonchev–Trinajstić information content (AvgIpc) is 3.10. The van der Waals surface area contributed by atoms with Crippen molar-refractivity contribution in [2.75, 3.05) is 26.3 Å². The smallest absolute Gasteiger partial charge is 0.0506 e. The summed E-state index contributed by atoms with van der Waals surface area (Å²) in [5.41, 5.74) is 2.83. The van der Waals surface area contributed by atoms with Crippen LogP contribution in [-0.2, 0) is 10.3 Å². The summed E-state index contributed by atoms with van der Waals surface area (Å²) in [4.78, 5) is 7.14. The van der Waals surface area contributed by atoms with Crippen molar-refractivity contribution in [2.45, 2.75) is 38.6 Å². The first kappa shape index (κ1) is 13.1. The third kappa shape index (κ3) is 2.54. The van der Waals surface area contributed by atoms with Crippen LogP contribution in [0.1, 0.15) is 37.4 Å². The Morgan fingerprint density at radius 1 is 1.42 bits per heavy atom. The minimum absolute atomic E-state index is 0.307. The standard InChI is InChI=1S/C16H24N2O/c1-3-19-12-14-6-9-18(11-14)16(7-8-16)15-5-4-13(2)17-10-15/h4-5,10,14H,3,6-9,11-12H2,1-2H3. The highest BCUT2D eigenvalue weighted by molar-refractivity contribution is 5.29. The lowest BCUT2D eigenvalue weighted by Crippen LogP contribution is -2.34. The highest BCUT2D eigenvalue weighted by Gasteiger charge is 2.51. The van der Waals surface area contributed by atoms with Crippen LogP contribution in [0.25, 0.3) is 0 Å². The van der Waals surface area contributed by atoms with E-state index in [4.69, 9.17) is 4.74 Å². The number of hydrogen-bond acceptors (Lipinski definition) is 3. The maximum Gasteiger partial charge on any atom is 0.0506 e. The predicted octanol–water partition coefficient (Wildman–Crippen LogP) is 2.74. The maximum absolute atomic E-state index is 5.58. The van der Waals surface area contributed by atoms with Gasteiger partial charge in [-0.15, -0.1) is 0 Å². The van der Waals surface area contributed by atoms with Crippen LogP contribution in [0.2, 0.25) is 0 Å². The number of pyridine rings is 1. The molecule has 2 fully saturated rings. The Morgan fingerprint density at radius 3 is 2.89 bits per heavy atom. The topological polar surface area (TPSA) is 25.4 Å². The van der Waals surface area contributed by atoms with Crippen molar-refractivity contribution in [1.29, 1.82) is 0 Å². The van der Waals surface area contributed by atoms with E-state index in [1.807, 2.05) is 0 Å². The van der Waals surface area contributed by atoms with E-state index in [-0.39, 0.29) is 0 Å². The second-order valence-corrected chi connectivity index (χ2v) is 5.98. The first-order valence-electron chi connectivity index (χ1n) is 7.50. The second kappa shape index (κ2) is 5.22. The van der Waals surface area contributed by atoms with Crippen molar-refractivity contribution < 1.29 is 4.74 Å². The largest absolute Gasteiger partial charge is 0.381 e. The van der Waals surface area contributed by atoms with E-state index in [9.17, 15) is 0 Å². The van der Waals surface area contributed by atoms with E-state index in [0.717, 1.165) is 24.8 Å². The van der Waals surface area contributed by atoms with Crippen molar-refractivity contribution in [3.05, 3.63) is 29.6 Å². The van der Waals surface area contributed by atoms with Crippen LogP contribution in [0.3, 0.4) is 0 Å². The molecule has 3 heteroatoms. The van der Waals surface area contributed by atoms with Crippen molar-refractivity contribution in [2.24, 2.45) is 5.92 Å². The van der Waals surface area contributed by atoms with E-state index in [1.165, 1.54) is 37.9 Å². The van der Waals surface area contributed by atoms with Crippen molar-refractivity contribution >= 4 is 0 Å². The number of likely N-dealkylation sites (tertiary alicyclic amines) is 1. The summed E-state index contributed by atoms with van der Waals surface area (Å²) < 4.78 is 5.58. The van der Waals surface area contributed by atoms with Crippen LogP contribution in [0.15, 0.2) is 18.3 Å². The molecule has 1 aliphatic heterocycles. The van der Waals surface area contributed by atoms with Gasteiger partial charge in [-0.3, -0.25) is 9.88 Å². The summed E-state index contributed by atoms with van der Waals surface area (Å²) in [6, 6.07) is 4.41. The van der Waals surface area contributed by atoms with E-state index in [2.05, 4.69) is 42.1 Å². The van der Waals surface area contributed by atoms with Gasteiger partial charge in [-0.25, -0.2) is 0 Å². The molecule has 1 saturated heterocycles. The van der Waals surface area contributed by atoms with E-state index >= 15 is 0 Å². The zero-order chi connectivity index (χ0) is 13.3. The Balaban J connectivity index is 1.67. The molecule has 3 rings (SSSR count). The molecule has 3 nitrogen and oxygen atoms in total. The summed E-state index contributed by atoms with van der Waals surface area (Å²) in [6.45, 7) is 8.29. The van der Waals surface area contributed by atoms with E-state index < -0.39 is 0 Å². The minimum atomic E-state index is 0.307. The molecule has 2 aliphatic rings. The minimum Gasteiger partial charge on any atom is -0.381 e. The van der Waals surface area contributed by atoms with Crippen LogP contribution in [0.4, 0.5) is 0 Å². The zero-order valence-electron chi connectivity index (χ0n) is 12.1. The fraction of sp³-hybridized carbons (Fsp3) is 0.688. The average molecular weight is 260 g/mol. The van der Waals surface area contributed by atoms with E-state index in [0.29, 0.717) is 5.54 Å². The van der Waals surface area contributed by atoms with Gasteiger partial charge in [0.1, 0.15) is 0 Å². The van der Waals surface area contributed by atoms with Crippen LogP contribution in [-0.4, -0.2) is 36.2 Å². The lowest BCUT2D eigenvalue weighted by Gasteiger charge is -2.28. The summed E-state index contributed by atoms with van der Waals surface area (Å²) in [5, 5.41) is 0. The molecule has 104 valence electrons. The van der Waals surface area contributed by atoms with Crippen molar-refractivity contribution in [3.8, 4) is 0 Å². The Labute approximate surface area is 116 Å². The summed E-state index contributed by atoms with van der Waals surface area (Å²) in [5.74, 6) is 0.718. The molecule has 0 aromatic carbocycles. The number of aryl methyl sites for hydroxylation is 1. The lowest BCUT2D eigenvalue weighted by molar-refractivity contribution is 0.107. The molecule has 1 aliphatic carbocycles. The molecule has 0 N–H and O–H groups in total. The predicted molar refractivity (Wildman–Crippen MR) is 76.1 cm³/mol. The van der Waals surface area contributed by atoms with Crippen LogP contribution in [0.5, 0.6) is 0 Å². The van der Waals surface area contributed by atoms with Gasteiger partial charge < -0.3 is 4.74 Å². The number of hydrogen-bond donors (Lipinski definition) is 0. The number of rotatable bonds is 5. The molecule has 1 unspecified atom stereocenters. The van der Waals surface area contributed by atoms with Crippen molar-refractivity contribution in [1.82, 2.24) is 9.88 Å². The Morgan fingerprint density at radius 2 is 2.26 bits per heavy atom. The maximum atomic E-state index is 5.58. The fourth-order valence-corrected chi connectivity index (χ4v) is 3.29. The summed E-state index contributed by atoms with van der Waals surface area (Å²) in [7, 11) is 0. The Bertz CT molecular complexity index is 425. The van der Waals surface area contributed by atoms with Crippen LogP contribution in [0, 0.1) is 12.8 Å². The molecule has 1 aromatic heterocycles. The van der Waals surface area contributed by atoms with Crippen LogP contribution < -0.4 is 0 Å². The Kier molecular flexibility index (Phi) is 3.59. The molecule has 0 amide bonds. The third-order valence-corrected chi connectivity index (χ3v) is 4.62. The fourth-order valence-electron chi connectivity index (χ4n) is 3.29. The third-order valence-electron chi connectivity index (χ3n) is 4.62. The number of aromatic nitrogens is 1. The number of nitrogens with zero attached hydrogens (tertiary/aromatic N) is 2. The molecule has 1 atom stereocenters. The van der Waals surface area contributed by atoms with E-state index in [1.54, 1.807) is 0 Å². The molecule has 19 heavy (non-hydrogen) atoms. The first-order valence-corrected chi connectivity index (χ1v) is 7.50. The normalized spacial score (nSPS) is 25.7. The molecule has 1 saturated carbocycles. The monoisotopic (exact) mass is 260 g/mol. The molecular weight excluding hydrogens is 236 g/mol. The molecule has 0 spiro atoms. The number of ether oxygens (including phenoxy) is 1. The van der Waals surface area contributed by atoms with Gasteiger partial charge in [-0.1, -0.05) is 6.07 Å². The highest BCUT2D eigenvalue weighted by atomic mass is 16.5. The SMILES string of the molecule is CCOCC1CCN(C2(c3ccc(C)nc3)CC2)C1. The zero-order valence-corrected chi connectivity index (χ0v) is 12.1. The molecular formula is C16H24N2O. The lowest BCUT2D eigenvalue weighted by atomic mass is 10.1. The van der Waals surface area contributed by atoms with Gasteiger partial charge in [-0.2, -0.15) is 0 Å². The Hall–Kier alpha value is -0.930. The molecule has 0 bridgehead atoms. The van der Waals surface area contributed by atoms with Gasteiger partial charge in [0.15, 0.2) is 0 Å². The second-order valence-electron chi connectivity index (χ2n) is 5.98. The van der Waals surface area contributed by atoms with Gasteiger partial charge >= 0.3 is 0 Å². The van der Waals surface area contributed by atoms with Crippen molar-refractivity contribution in [3.63, 3.8) is 0 Å². The van der Waals surface area contributed by atoms with Gasteiger partial charge in [0.05, 0.1) is 6.61 Å².